The zero-order valence-corrected chi connectivity index (χ0v) is 11.8. The lowest BCUT2D eigenvalue weighted by Crippen LogP contribution is -2.42. The van der Waals surface area contributed by atoms with Crippen LogP contribution in [0.25, 0.3) is 0 Å². The molecule has 0 aliphatic heterocycles. The molecule has 21 heavy (non-hydrogen) atoms. The van der Waals surface area contributed by atoms with Crippen molar-refractivity contribution in [3.8, 4) is 0 Å². The summed E-state index contributed by atoms with van der Waals surface area (Å²) in [5, 5.41) is 12.2. The molecular formula is C15H19FN2O3. The summed E-state index contributed by atoms with van der Waals surface area (Å²) < 4.78 is 12.7. The molecule has 0 saturated heterocycles. The van der Waals surface area contributed by atoms with Gasteiger partial charge < -0.3 is 10.4 Å². The number of hydrogen-bond acceptors (Lipinski definition) is 3. The van der Waals surface area contributed by atoms with Crippen molar-refractivity contribution in [2.24, 2.45) is 5.41 Å². The highest BCUT2D eigenvalue weighted by Crippen LogP contribution is 2.34. The SMILES string of the molecule is O=C(NCC1(C(=O)O)CCCCCC1)c1ccc(F)nc1. The smallest absolute Gasteiger partial charge is 0.311 e. The predicted octanol–water partition coefficient (Wildman–Crippen LogP) is 2.38. The fraction of sp³-hybridized carbons (Fsp3) is 0.533. The van der Waals surface area contributed by atoms with Crippen LogP contribution >= 0.6 is 0 Å². The van der Waals surface area contributed by atoms with E-state index in [1.807, 2.05) is 0 Å². The Morgan fingerprint density at radius 1 is 1.24 bits per heavy atom. The van der Waals surface area contributed by atoms with Crippen LogP contribution in [0.5, 0.6) is 0 Å². The van der Waals surface area contributed by atoms with Gasteiger partial charge in [-0.05, 0) is 25.0 Å². The van der Waals surface area contributed by atoms with Gasteiger partial charge in [0.1, 0.15) is 0 Å². The van der Waals surface area contributed by atoms with Gasteiger partial charge in [-0.2, -0.15) is 4.39 Å². The number of aromatic nitrogens is 1. The van der Waals surface area contributed by atoms with Crippen molar-refractivity contribution in [1.82, 2.24) is 10.3 Å². The van der Waals surface area contributed by atoms with Gasteiger partial charge in [-0.25, -0.2) is 4.98 Å². The molecule has 0 radical (unpaired) electrons. The third-order valence-corrected chi connectivity index (χ3v) is 4.09. The predicted molar refractivity (Wildman–Crippen MR) is 74.3 cm³/mol. The van der Waals surface area contributed by atoms with Gasteiger partial charge >= 0.3 is 5.97 Å². The van der Waals surface area contributed by atoms with Gasteiger partial charge in [-0.1, -0.05) is 25.7 Å². The topological polar surface area (TPSA) is 79.3 Å². The van der Waals surface area contributed by atoms with Crippen LogP contribution < -0.4 is 5.32 Å². The Labute approximate surface area is 122 Å². The number of hydrogen-bond donors (Lipinski definition) is 2. The summed E-state index contributed by atoms with van der Waals surface area (Å²) in [4.78, 5) is 27.0. The summed E-state index contributed by atoms with van der Waals surface area (Å²) in [5.74, 6) is -1.94. The van der Waals surface area contributed by atoms with Gasteiger partial charge in [0.05, 0.1) is 11.0 Å². The Bertz CT molecular complexity index is 508. The van der Waals surface area contributed by atoms with E-state index in [4.69, 9.17) is 0 Å². The summed E-state index contributed by atoms with van der Waals surface area (Å²) in [6, 6.07) is 2.44. The molecule has 2 rings (SSSR count). The minimum atomic E-state index is -0.889. The van der Waals surface area contributed by atoms with Gasteiger partial charge in [-0.3, -0.25) is 9.59 Å². The van der Waals surface area contributed by atoms with Crippen LogP contribution in [0.4, 0.5) is 4.39 Å². The molecule has 6 heteroatoms. The van der Waals surface area contributed by atoms with E-state index in [1.54, 1.807) is 0 Å². The summed E-state index contributed by atoms with van der Waals surface area (Å²) >= 11 is 0. The standard InChI is InChI=1S/C15H19FN2O3/c16-12-6-5-11(9-17-12)13(19)18-10-15(14(20)21)7-3-1-2-4-8-15/h5-6,9H,1-4,7-8,10H2,(H,18,19)(H,20,21). The fourth-order valence-corrected chi connectivity index (χ4v) is 2.73. The molecule has 5 nitrogen and oxygen atoms in total. The van der Waals surface area contributed by atoms with Crippen LogP contribution in [0.2, 0.25) is 0 Å². The number of halogens is 1. The van der Waals surface area contributed by atoms with Crippen LogP contribution in [-0.2, 0) is 4.79 Å². The van der Waals surface area contributed by atoms with Crippen LogP contribution in [0, 0.1) is 11.4 Å². The number of carbonyl (C=O) groups excluding carboxylic acids is 1. The van der Waals surface area contributed by atoms with Gasteiger partial charge in [0.2, 0.25) is 5.95 Å². The maximum atomic E-state index is 12.7. The maximum Gasteiger partial charge on any atom is 0.311 e. The lowest BCUT2D eigenvalue weighted by Gasteiger charge is -2.28. The fourth-order valence-electron chi connectivity index (χ4n) is 2.73. The molecule has 0 spiro atoms. The van der Waals surface area contributed by atoms with Gasteiger partial charge in [0.15, 0.2) is 0 Å². The summed E-state index contributed by atoms with van der Waals surface area (Å²) in [7, 11) is 0. The molecule has 1 aromatic heterocycles. The van der Waals surface area contributed by atoms with Crippen LogP contribution in [-0.4, -0.2) is 28.5 Å². The van der Waals surface area contributed by atoms with Crippen molar-refractivity contribution < 1.29 is 19.1 Å². The zero-order valence-electron chi connectivity index (χ0n) is 11.8. The average Bonchev–Trinajstić information content (AvgIpc) is 2.72. The van der Waals surface area contributed by atoms with E-state index in [1.165, 1.54) is 6.07 Å². The highest BCUT2D eigenvalue weighted by atomic mass is 19.1. The Morgan fingerprint density at radius 3 is 2.43 bits per heavy atom. The van der Waals surface area contributed by atoms with Crippen molar-refractivity contribution in [2.75, 3.05) is 6.54 Å². The van der Waals surface area contributed by atoms with E-state index >= 15 is 0 Å². The minimum absolute atomic E-state index is 0.0958. The highest BCUT2D eigenvalue weighted by Gasteiger charge is 2.38. The number of amides is 1. The third-order valence-electron chi connectivity index (χ3n) is 4.09. The molecule has 1 fully saturated rings. The van der Waals surface area contributed by atoms with Crippen LogP contribution in [0.15, 0.2) is 18.3 Å². The van der Waals surface area contributed by atoms with E-state index in [-0.39, 0.29) is 12.1 Å². The first-order valence-electron chi connectivity index (χ1n) is 7.17. The Balaban J connectivity index is 2.02. The molecule has 114 valence electrons. The Hall–Kier alpha value is -1.98. The highest BCUT2D eigenvalue weighted by molar-refractivity contribution is 5.94. The molecule has 1 amide bonds. The minimum Gasteiger partial charge on any atom is -0.481 e. The number of carboxylic acids is 1. The Morgan fingerprint density at radius 2 is 1.90 bits per heavy atom. The van der Waals surface area contributed by atoms with E-state index in [9.17, 15) is 19.1 Å². The van der Waals surface area contributed by atoms with Crippen molar-refractivity contribution in [1.29, 1.82) is 0 Å². The molecule has 0 bridgehead atoms. The monoisotopic (exact) mass is 294 g/mol. The molecule has 1 saturated carbocycles. The zero-order chi connectivity index (χ0) is 15.3. The number of pyridine rings is 1. The first kappa shape index (κ1) is 15.4. The summed E-state index contributed by atoms with van der Waals surface area (Å²) in [5.41, 5.74) is -0.662. The first-order chi connectivity index (χ1) is 10.0. The molecule has 1 aromatic rings. The number of nitrogens with zero attached hydrogens (tertiary/aromatic N) is 1. The Kier molecular flexibility index (Phi) is 4.88. The lowest BCUT2D eigenvalue weighted by molar-refractivity contribution is -0.149. The number of carboxylic acid groups (broad SMARTS) is 1. The largest absolute Gasteiger partial charge is 0.481 e. The lowest BCUT2D eigenvalue weighted by atomic mass is 9.80. The normalized spacial score (nSPS) is 17.8. The molecule has 2 N–H and O–H groups in total. The van der Waals surface area contributed by atoms with Gasteiger partial charge in [0.25, 0.3) is 5.91 Å². The number of carbonyl (C=O) groups is 2. The van der Waals surface area contributed by atoms with Crippen LogP contribution in [0.3, 0.4) is 0 Å². The van der Waals surface area contributed by atoms with E-state index in [2.05, 4.69) is 10.3 Å². The molecule has 1 aliphatic rings. The second kappa shape index (κ2) is 6.65. The van der Waals surface area contributed by atoms with Crippen LogP contribution in [0.1, 0.15) is 48.9 Å². The van der Waals surface area contributed by atoms with Gasteiger partial charge in [0, 0.05) is 12.7 Å². The molecule has 1 heterocycles. The third kappa shape index (κ3) is 3.77. The molecular weight excluding hydrogens is 275 g/mol. The first-order valence-corrected chi connectivity index (χ1v) is 7.17. The molecule has 1 aliphatic carbocycles. The van der Waals surface area contributed by atoms with E-state index in [0.717, 1.165) is 37.9 Å². The second-order valence-corrected chi connectivity index (χ2v) is 5.55. The number of rotatable bonds is 4. The van der Waals surface area contributed by atoms with Crippen molar-refractivity contribution >= 4 is 11.9 Å². The quantitative estimate of drug-likeness (QED) is 0.660. The molecule has 0 unspecified atom stereocenters. The number of aliphatic carboxylic acids is 1. The second-order valence-electron chi connectivity index (χ2n) is 5.55. The summed E-state index contributed by atoms with van der Waals surface area (Å²) in [6.07, 6.45) is 6.08. The van der Waals surface area contributed by atoms with Crippen molar-refractivity contribution in [2.45, 2.75) is 38.5 Å². The average molecular weight is 294 g/mol. The van der Waals surface area contributed by atoms with Crippen molar-refractivity contribution in [3.05, 3.63) is 29.8 Å². The van der Waals surface area contributed by atoms with E-state index in [0.29, 0.717) is 12.8 Å². The maximum absolute atomic E-state index is 12.7. The number of nitrogens with one attached hydrogen (secondary N) is 1. The molecule has 0 atom stereocenters. The molecule has 0 aromatic carbocycles. The summed E-state index contributed by atoms with van der Waals surface area (Å²) in [6.45, 7) is 0.0958. The van der Waals surface area contributed by atoms with E-state index < -0.39 is 23.2 Å². The van der Waals surface area contributed by atoms with Crippen molar-refractivity contribution in [3.63, 3.8) is 0 Å². The van der Waals surface area contributed by atoms with Gasteiger partial charge in [-0.15, -0.1) is 0 Å².